The molecule has 100 valence electrons. The Kier molecular flexibility index (Phi) is 3.74. The maximum Gasteiger partial charge on any atom is 0.123 e. The van der Waals surface area contributed by atoms with Crippen LogP contribution in [0.2, 0.25) is 0 Å². The van der Waals surface area contributed by atoms with Gasteiger partial charge < -0.3 is 0 Å². The van der Waals surface area contributed by atoms with E-state index in [-0.39, 0.29) is 17.3 Å². The van der Waals surface area contributed by atoms with Gasteiger partial charge in [-0.3, -0.25) is 11.3 Å². The van der Waals surface area contributed by atoms with E-state index in [0.29, 0.717) is 5.92 Å². The van der Waals surface area contributed by atoms with Crippen molar-refractivity contribution in [2.45, 2.75) is 46.1 Å². The van der Waals surface area contributed by atoms with Crippen molar-refractivity contribution in [3.8, 4) is 0 Å². The molecule has 0 heterocycles. The first-order valence-corrected chi connectivity index (χ1v) is 6.68. The molecule has 3 N–H and O–H groups in total. The Morgan fingerprint density at radius 1 is 1.44 bits per heavy atom. The lowest BCUT2D eigenvalue weighted by Crippen LogP contribution is -2.38. The summed E-state index contributed by atoms with van der Waals surface area (Å²) in [5.74, 6) is 6.03. The normalized spacial score (nSPS) is 24.2. The van der Waals surface area contributed by atoms with E-state index in [4.69, 9.17) is 5.84 Å². The molecule has 2 unspecified atom stereocenters. The fourth-order valence-corrected chi connectivity index (χ4v) is 3.34. The summed E-state index contributed by atoms with van der Waals surface area (Å²) in [6.07, 6.45) is 3.59. The highest BCUT2D eigenvalue weighted by Gasteiger charge is 2.40. The van der Waals surface area contributed by atoms with Gasteiger partial charge in [-0.1, -0.05) is 26.3 Å². The Hall–Kier alpha value is -0.930. The van der Waals surface area contributed by atoms with Crippen LogP contribution in [0.15, 0.2) is 18.2 Å². The second-order valence-corrected chi connectivity index (χ2v) is 6.13. The summed E-state index contributed by atoms with van der Waals surface area (Å²) in [4.78, 5) is 0. The molecule has 2 nitrogen and oxygen atoms in total. The fraction of sp³-hybridized carbons (Fsp3) is 0.600. The largest absolute Gasteiger partial charge is 0.271 e. The standard InChI is InChI=1S/C15H23FN2/c1-10-6-7-11(16)9-12(10)14(18-17)13-5-4-8-15(13,2)3/h6-7,9,13-14,18H,4-5,8,17H2,1-3H3. The Balaban J connectivity index is 2.36. The van der Waals surface area contributed by atoms with Crippen molar-refractivity contribution >= 4 is 0 Å². The van der Waals surface area contributed by atoms with E-state index in [2.05, 4.69) is 19.3 Å². The Labute approximate surface area is 109 Å². The van der Waals surface area contributed by atoms with Crippen LogP contribution in [0, 0.1) is 24.1 Å². The van der Waals surface area contributed by atoms with Crippen molar-refractivity contribution < 1.29 is 4.39 Å². The van der Waals surface area contributed by atoms with Crippen molar-refractivity contribution in [1.29, 1.82) is 0 Å². The first-order valence-electron chi connectivity index (χ1n) is 6.68. The maximum absolute atomic E-state index is 13.5. The quantitative estimate of drug-likeness (QED) is 0.637. The molecule has 2 atom stereocenters. The van der Waals surface area contributed by atoms with Crippen LogP contribution in [-0.2, 0) is 0 Å². The van der Waals surface area contributed by atoms with Crippen LogP contribution in [0.25, 0.3) is 0 Å². The van der Waals surface area contributed by atoms with Crippen LogP contribution in [0.4, 0.5) is 4.39 Å². The average molecular weight is 250 g/mol. The maximum atomic E-state index is 13.5. The van der Waals surface area contributed by atoms with Gasteiger partial charge in [-0.05, 0) is 54.4 Å². The van der Waals surface area contributed by atoms with Gasteiger partial charge in [-0.2, -0.15) is 0 Å². The van der Waals surface area contributed by atoms with Crippen molar-refractivity contribution in [2.24, 2.45) is 17.2 Å². The lowest BCUT2D eigenvalue weighted by Gasteiger charge is -2.34. The molecule has 3 heteroatoms. The molecule has 0 saturated heterocycles. The van der Waals surface area contributed by atoms with Crippen LogP contribution in [-0.4, -0.2) is 0 Å². The van der Waals surface area contributed by atoms with Crippen molar-refractivity contribution in [3.05, 3.63) is 35.1 Å². The van der Waals surface area contributed by atoms with Crippen LogP contribution in [0.5, 0.6) is 0 Å². The molecule has 1 fully saturated rings. The molecule has 1 saturated carbocycles. The Morgan fingerprint density at radius 2 is 2.17 bits per heavy atom. The highest BCUT2D eigenvalue weighted by atomic mass is 19.1. The molecule has 0 amide bonds. The molecule has 1 aromatic carbocycles. The molecule has 0 radical (unpaired) electrons. The summed E-state index contributed by atoms with van der Waals surface area (Å²) in [5.41, 5.74) is 5.27. The third-order valence-corrected chi connectivity index (χ3v) is 4.50. The Bertz CT molecular complexity index is 429. The molecular formula is C15H23FN2. The number of hydrogen-bond donors (Lipinski definition) is 2. The minimum absolute atomic E-state index is 0.0400. The number of aryl methyl sites for hydroxylation is 1. The van der Waals surface area contributed by atoms with Gasteiger partial charge in [-0.15, -0.1) is 0 Å². The van der Waals surface area contributed by atoms with Gasteiger partial charge in [0.05, 0.1) is 0 Å². The molecule has 2 rings (SSSR count). The van der Waals surface area contributed by atoms with Crippen molar-refractivity contribution in [3.63, 3.8) is 0 Å². The smallest absolute Gasteiger partial charge is 0.123 e. The van der Waals surface area contributed by atoms with E-state index in [1.165, 1.54) is 18.9 Å². The highest BCUT2D eigenvalue weighted by Crippen LogP contribution is 2.48. The van der Waals surface area contributed by atoms with Gasteiger partial charge in [0, 0.05) is 6.04 Å². The van der Waals surface area contributed by atoms with E-state index < -0.39 is 0 Å². The van der Waals surface area contributed by atoms with Gasteiger partial charge >= 0.3 is 0 Å². The van der Waals surface area contributed by atoms with Crippen LogP contribution < -0.4 is 11.3 Å². The fourth-order valence-electron chi connectivity index (χ4n) is 3.34. The van der Waals surface area contributed by atoms with Gasteiger partial charge in [0.15, 0.2) is 0 Å². The van der Waals surface area contributed by atoms with Gasteiger partial charge in [0.2, 0.25) is 0 Å². The summed E-state index contributed by atoms with van der Waals surface area (Å²) >= 11 is 0. The minimum atomic E-state index is -0.188. The number of rotatable bonds is 3. The minimum Gasteiger partial charge on any atom is -0.271 e. The highest BCUT2D eigenvalue weighted by molar-refractivity contribution is 5.30. The summed E-state index contributed by atoms with van der Waals surface area (Å²) < 4.78 is 13.5. The van der Waals surface area contributed by atoms with Crippen LogP contribution in [0.3, 0.4) is 0 Å². The summed E-state index contributed by atoms with van der Waals surface area (Å²) in [6, 6.07) is 5.00. The van der Waals surface area contributed by atoms with Crippen molar-refractivity contribution in [1.82, 2.24) is 5.43 Å². The lowest BCUT2D eigenvalue weighted by atomic mass is 9.75. The number of benzene rings is 1. The number of nitrogens with two attached hydrogens (primary N) is 1. The van der Waals surface area contributed by atoms with Crippen molar-refractivity contribution in [2.75, 3.05) is 0 Å². The molecule has 0 aliphatic heterocycles. The first kappa shape index (κ1) is 13.5. The average Bonchev–Trinajstić information content (AvgIpc) is 2.65. The molecule has 1 aliphatic rings. The molecule has 0 bridgehead atoms. The first-order chi connectivity index (χ1) is 8.45. The third-order valence-electron chi connectivity index (χ3n) is 4.50. The number of halogens is 1. The molecule has 0 spiro atoms. The predicted octanol–water partition coefficient (Wildman–Crippen LogP) is 3.46. The van der Waals surface area contributed by atoms with Gasteiger partial charge in [-0.25, -0.2) is 4.39 Å². The number of nitrogens with one attached hydrogen (secondary N) is 1. The molecule has 0 aromatic heterocycles. The molecule has 1 aromatic rings. The second kappa shape index (κ2) is 4.98. The second-order valence-electron chi connectivity index (χ2n) is 6.13. The molecular weight excluding hydrogens is 227 g/mol. The zero-order chi connectivity index (χ0) is 13.3. The van der Waals surface area contributed by atoms with Gasteiger partial charge in [0.25, 0.3) is 0 Å². The summed E-state index contributed by atoms with van der Waals surface area (Å²) in [5, 5.41) is 0. The molecule has 1 aliphatic carbocycles. The number of hydrazine groups is 1. The summed E-state index contributed by atoms with van der Waals surface area (Å²) in [7, 11) is 0. The topological polar surface area (TPSA) is 38.0 Å². The van der Waals surface area contributed by atoms with Crippen LogP contribution >= 0.6 is 0 Å². The summed E-state index contributed by atoms with van der Waals surface area (Å²) in [6.45, 7) is 6.58. The number of hydrogen-bond acceptors (Lipinski definition) is 2. The third kappa shape index (κ3) is 2.43. The van der Waals surface area contributed by atoms with E-state index in [1.807, 2.05) is 13.0 Å². The molecule has 18 heavy (non-hydrogen) atoms. The van der Waals surface area contributed by atoms with Gasteiger partial charge in [0.1, 0.15) is 5.82 Å². The van der Waals surface area contributed by atoms with E-state index in [9.17, 15) is 4.39 Å². The van der Waals surface area contributed by atoms with E-state index >= 15 is 0 Å². The van der Waals surface area contributed by atoms with E-state index in [0.717, 1.165) is 17.5 Å². The lowest BCUT2D eigenvalue weighted by molar-refractivity contribution is 0.197. The predicted molar refractivity (Wildman–Crippen MR) is 72.3 cm³/mol. The monoisotopic (exact) mass is 250 g/mol. The van der Waals surface area contributed by atoms with Crippen LogP contribution in [0.1, 0.15) is 50.3 Å². The SMILES string of the molecule is Cc1ccc(F)cc1C(NN)C1CCCC1(C)C. The van der Waals surface area contributed by atoms with E-state index in [1.54, 1.807) is 6.07 Å². The Morgan fingerprint density at radius 3 is 2.72 bits per heavy atom. The zero-order valence-electron chi connectivity index (χ0n) is 11.5. The zero-order valence-corrected chi connectivity index (χ0v) is 11.5.